The van der Waals surface area contributed by atoms with Crippen molar-refractivity contribution in [3.05, 3.63) is 64.2 Å². The average molecular weight is 448 g/mol. The van der Waals surface area contributed by atoms with Crippen molar-refractivity contribution in [3.8, 4) is 0 Å². The lowest BCUT2D eigenvalue weighted by molar-refractivity contribution is -0.139. The van der Waals surface area contributed by atoms with Crippen LogP contribution >= 0.6 is 0 Å². The molecule has 3 atom stereocenters. The van der Waals surface area contributed by atoms with Crippen LogP contribution in [0.15, 0.2) is 36.4 Å². The standard InChI is InChI=1S/C26H33N5O2/c1-16-7-8-19(4)20(12-16)15-31-24(32)22-23(28(5)26(31)33)27-25-29(9-6-10-30(22)25)21-13-17(2)11-18(3)14-21/h7-8,11-14,22-23,25,27H,6,9-10,15H2,1-5H3. The topological polar surface area (TPSA) is 59.1 Å². The number of hydrogen-bond acceptors (Lipinski definition) is 5. The zero-order valence-electron chi connectivity index (χ0n) is 20.1. The van der Waals surface area contributed by atoms with Gasteiger partial charge in [0.15, 0.2) is 0 Å². The van der Waals surface area contributed by atoms with Gasteiger partial charge in [0.1, 0.15) is 18.5 Å². The zero-order valence-corrected chi connectivity index (χ0v) is 20.1. The van der Waals surface area contributed by atoms with Crippen molar-refractivity contribution in [2.45, 2.75) is 59.2 Å². The molecule has 0 aromatic heterocycles. The molecule has 2 aromatic rings. The summed E-state index contributed by atoms with van der Waals surface area (Å²) >= 11 is 0. The van der Waals surface area contributed by atoms with Crippen molar-refractivity contribution in [3.63, 3.8) is 0 Å². The predicted molar refractivity (Wildman–Crippen MR) is 129 cm³/mol. The van der Waals surface area contributed by atoms with Crippen molar-refractivity contribution in [1.29, 1.82) is 0 Å². The SMILES string of the molecule is Cc1cc(C)cc(N2CCCN3C4C(=O)N(Cc5cc(C)ccc5C)C(=O)N(C)C4NC23)c1. The predicted octanol–water partition coefficient (Wildman–Crippen LogP) is 3.11. The number of benzene rings is 2. The maximum Gasteiger partial charge on any atom is 0.328 e. The van der Waals surface area contributed by atoms with E-state index in [4.69, 9.17) is 0 Å². The van der Waals surface area contributed by atoms with Crippen LogP contribution in [-0.4, -0.2) is 65.3 Å². The number of fused-ring (bicyclic) bond motifs is 3. The second-order valence-corrected chi connectivity index (χ2v) is 9.81. The maximum absolute atomic E-state index is 13.7. The molecule has 1 N–H and O–H groups in total. The Morgan fingerprint density at radius 1 is 0.939 bits per heavy atom. The largest absolute Gasteiger partial charge is 0.343 e. The molecular weight excluding hydrogens is 414 g/mol. The van der Waals surface area contributed by atoms with Crippen molar-refractivity contribution in [2.24, 2.45) is 0 Å². The summed E-state index contributed by atoms with van der Waals surface area (Å²) in [5, 5.41) is 3.61. The van der Waals surface area contributed by atoms with Crippen molar-refractivity contribution in [1.82, 2.24) is 20.0 Å². The highest BCUT2D eigenvalue weighted by Crippen LogP contribution is 2.34. The van der Waals surface area contributed by atoms with E-state index in [0.29, 0.717) is 6.54 Å². The molecule has 3 heterocycles. The Labute approximate surface area is 195 Å². The maximum atomic E-state index is 13.7. The lowest BCUT2D eigenvalue weighted by atomic mass is 10.0. The quantitative estimate of drug-likeness (QED) is 0.784. The molecule has 3 fully saturated rings. The first kappa shape index (κ1) is 21.9. The van der Waals surface area contributed by atoms with Gasteiger partial charge in [0.05, 0.1) is 6.54 Å². The number of carbonyl (C=O) groups excluding carboxylic acids is 2. The van der Waals surface area contributed by atoms with Gasteiger partial charge in [0, 0.05) is 25.8 Å². The van der Waals surface area contributed by atoms with Gasteiger partial charge in [0.25, 0.3) is 5.91 Å². The van der Waals surface area contributed by atoms with Crippen LogP contribution in [-0.2, 0) is 11.3 Å². The summed E-state index contributed by atoms with van der Waals surface area (Å²) in [5.74, 6) is -0.110. The first-order valence-corrected chi connectivity index (χ1v) is 11.8. The molecule has 2 aromatic carbocycles. The van der Waals surface area contributed by atoms with E-state index in [1.807, 2.05) is 13.8 Å². The van der Waals surface area contributed by atoms with E-state index in [9.17, 15) is 9.59 Å². The summed E-state index contributed by atoms with van der Waals surface area (Å²) in [6, 6.07) is 12.1. The first-order valence-electron chi connectivity index (χ1n) is 11.8. The molecule has 0 radical (unpaired) electrons. The van der Waals surface area contributed by atoms with E-state index in [1.165, 1.54) is 16.0 Å². The van der Waals surface area contributed by atoms with Crippen LogP contribution in [0.25, 0.3) is 0 Å². The number of imide groups is 1. The number of hydrogen-bond donors (Lipinski definition) is 1. The van der Waals surface area contributed by atoms with Crippen molar-refractivity contribution >= 4 is 17.6 Å². The van der Waals surface area contributed by atoms with Gasteiger partial charge in [-0.25, -0.2) is 4.79 Å². The summed E-state index contributed by atoms with van der Waals surface area (Å²) in [6.45, 7) is 10.3. The van der Waals surface area contributed by atoms with Crippen LogP contribution in [0.5, 0.6) is 0 Å². The minimum Gasteiger partial charge on any atom is -0.343 e. The van der Waals surface area contributed by atoms with Crippen LogP contribution in [0, 0.1) is 27.7 Å². The molecule has 3 aliphatic rings. The summed E-state index contributed by atoms with van der Waals surface area (Å²) in [7, 11) is 1.80. The molecule has 7 nitrogen and oxygen atoms in total. The minimum absolute atomic E-state index is 0.110. The first-order chi connectivity index (χ1) is 15.7. The molecule has 174 valence electrons. The van der Waals surface area contributed by atoms with Crippen LogP contribution in [0.3, 0.4) is 0 Å². The number of amides is 3. The lowest BCUT2D eigenvalue weighted by Gasteiger charge is -2.44. The van der Waals surface area contributed by atoms with E-state index in [0.717, 1.165) is 41.9 Å². The fourth-order valence-corrected chi connectivity index (χ4v) is 5.59. The Hall–Kier alpha value is -2.90. The molecule has 5 rings (SSSR count). The van der Waals surface area contributed by atoms with Crippen LogP contribution in [0.4, 0.5) is 10.5 Å². The van der Waals surface area contributed by atoms with E-state index >= 15 is 0 Å². The summed E-state index contributed by atoms with van der Waals surface area (Å²) in [6.07, 6.45) is 0.516. The summed E-state index contributed by atoms with van der Waals surface area (Å²) in [4.78, 5) is 34.7. The van der Waals surface area contributed by atoms with Crippen molar-refractivity contribution in [2.75, 3.05) is 25.0 Å². The Bertz CT molecular complexity index is 1100. The third kappa shape index (κ3) is 3.69. The van der Waals surface area contributed by atoms with Gasteiger partial charge < -0.3 is 9.80 Å². The number of nitrogens with one attached hydrogen (secondary N) is 1. The van der Waals surface area contributed by atoms with Crippen molar-refractivity contribution < 1.29 is 9.59 Å². The third-order valence-electron chi connectivity index (χ3n) is 7.24. The monoisotopic (exact) mass is 447 g/mol. The Morgan fingerprint density at radius 3 is 2.39 bits per heavy atom. The van der Waals surface area contributed by atoms with Gasteiger partial charge >= 0.3 is 6.03 Å². The zero-order chi connectivity index (χ0) is 23.4. The van der Waals surface area contributed by atoms with Gasteiger partial charge in [-0.3, -0.25) is 19.9 Å². The van der Waals surface area contributed by atoms with E-state index in [-0.39, 0.29) is 24.4 Å². The molecule has 33 heavy (non-hydrogen) atoms. The summed E-state index contributed by atoms with van der Waals surface area (Å²) in [5.41, 5.74) is 6.83. The van der Waals surface area contributed by atoms with Crippen LogP contribution in [0.1, 0.15) is 34.2 Å². The van der Waals surface area contributed by atoms with Gasteiger partial charge in [-0.2, -0.15) is 0 Å². The second kappa shape index (κ2) is 8.15. The molecule has 7 heteroatoms. The molecule has 0 bridgehead atoms. The Morgan fingerprint density at radius 2 is 1.67 bits per heavy atom. The second-order valence-electron chi connectivity index (χ2n) is 9.81. The lowest BCUT2D eigenvalue weighted by Crippen LogP contribution is -2.66. The number of nitrogens with zero attached hydrogens (tertiary/aromatic N) is 4. The Balaban J connectivity index is 1.45. The van der Waals surface area contributed by atoms with Gasteiger partial charge in [-0.15, -0.1) is 0 Å². The highest BCUT2D eigenvalue weighted by atomic mass is 16.2. The smallest absolute Gasteiger partial charge is 0.328 e. The fraction of sp³-hybridized carbons (Fsp3) is 0.462. The molecule has 0 aliphatic carbocycles. The third-order valence-corrected chi connectivity index (χ3v) is 7.24. The number of rotatable bonds is 3. The van der Waals surface area contributed by atoms with Crippen LogP contribution < -0.4 is 10.2 Å². The van der Waals surface area contributed by atoms with Crippen LogP contribution in [0.2, 0.25) is 0 Å². The molecule has 0 saturated carbocycles. The van der Waals surface area contributed by atoms with Gasteiger partial charge in [-0.1, -0.05) is 29.8 Å². The van der Waals surface area contributed by atoms with E-state index < -0.39 is 6.04 Å². The summed E-state index contributed by atoms with van der Waals surface area (Å²) < 4.78 is 0. The van der Waals surface area contributed by atoms with E-state index in [2.05, 4.69) is 65.4 Å². The number of urea groups is 1. The number of likely N-dealkylation sites (N-methyl/N-ethyl adjacent to an activating group) is 1. The minimum atomic E-state index is -0.392. The van der Waals surface area contributed by atoms with E-state index in [1.54, 1.807) is 11.9 Å². The Kier molecular flexibility index (Phi) is 5.41. The fourth-order valence-electron chi connectivity index (χ4n) is 5.59. The van der Waals surface area contributed by atoms with Gasteiger partial charge in [0.2, 0.25) is 0 Å². The highest BCUT2D eigenvalue weighted by molar-refractivity contribution is 6.00. The number of carbonyl (C=O) groups is 2. The molecule has 3 amide bonds. The normalized spacial score (nSPS) is 25.5. The molecule has 0 spiro atoms. The molecule has 3 aliphatic heterocycles. The molecule has 3 saturated heterocycles. The van der Waals surface area contributed by atoms with Gasteiger partial charge in [-0.05, 0) is 68.5 Å². The number of aryl methyl sites for hydroxylation is 4. The molecular formula is C26H33N5O2. The molecule has 3 unspecified atom stereocenters. The average Bonchev–Trinajstić information content (AvgIpc) is 3.17. The highest BCUT2D eigenvalue weighted by Gasteiger charge is 2.56. The number of anilines is 1.